The van der Waals surface area contributed by atoms with Crippen LogP contribution in [0.15, 0.2) is 0 Å². The smallest absolute Gasteiger partial charge is 0.312 e. The Morgan fingerprint density at radius 3 is 2.92 bits per heavy atom. The maximum absolute atomic E-state index is 11.7. The van der Waals surface area contributed by atoms with Crippen molar-refractivity contribution >= 4 is 28.6 Å². The van der Waals surface area contributed by atoms with Gasteiger partial charge in [-0.2, -0.15) is 0 Å². The molecule has 6 atom stereocenters. The molecule has 3 aliphatic rings. The zero-order valence-electron chi connectivity index (χ0n) is 7.79. The van der Waals surface area contributed by atoms with Crippen LogP contribution in [0, 0.1) is 23.2 Å². The zero-order chi connectivity index (χ0) is 9.38. The van der Waals surface area contributed by atoms with Gasteiger partial charge in [0.2, 0.25) is 0 Å². The lowest BCUT2D eigenvalue weighted by Crippen LogP contribution is -2.39. The molecule has 1 saturated heterocycles. The number of carbonyl (C=O) groups is 1. The number of rotatable bonds is 0. The molecular formula is C10H13IO2. The molecule has 13 heavy (non-hydrogen) atoms. The molecule has 2 aliphatic carbocycles. The summed E-state index contributed by atoms with van der Waals surface area (Å²) in [4.78, 5) is 11.7. The van der Waals surface area contributed by atoms with E-state index >= 15 is 0 Å². The predicted molar refractivity (Wildman–Crippen MR) is 56.6 cm³/mol. The third-order valence-electron chi connectivity index (χ3n) is 4.69. The molecule has 0 aromatic carbocycles. The Morgan fingerprint density at radius 2 is 2.31 bits per heavy atom. The molecule has 2 bridgehead atoms. The van der Waals surface area contributed by atoms with Crippen LogP contribution >= 0.6 is 22.6 Å². The van der Waals surface area contributed by atoms with Gasteiger partial charge in [0.1, 0.15) is 6.10 Å². The second-order valence-electron chi connectivity index (χ2n) is 4.89. The molecule has 1 heterocycles. The number of carbonyl (C=O) groups excluding carboxylic acids is 1. The topological polar surface area (TPSA) is 26.3 Å². The van der Waals surface area contributed by atoms with Gasteiger partial charge in [-0.3, -0.25) is 4.79 Å². The van der Waals surface area contributed by atoms with Crippen LogP contribution in [-0.2, 0) is 9.53 Å². The summed E-state index contributed by atoms with van der Waals surface area (Å²) in [5.74, 6) is 1.82. The van der Waals surface area contributed by atoms with Gasteiger partial charge < -0.3 is 4.74 Å². The molecule has 2 nitrogen and oxygen atoms in total. The molecule has 3 rings (SSSR count). The van der Waals surface area contributed by atoms with Gasteiger partial charge in [-0.15, -0.1) is 0 Å². The van der Waals surface area contributed by atoms with Crippen molar-refractivity contribution in [2.75, 3.05) is 0 Å². The molecule has 3 fully saturated rings. The van der Waals surface area contributed by atoms with E-state index < -0.39 is 0 Å². The van der Waals surface area contributed by atoms with Crippen molar-refractivity contribution < 1.29 is 9.53 Å². The molecule has 0 amide bonds. The molecule has 0 N–H and O–H groups in total. The number of fused-ring (bicyclic) bond motifs is 1. The van der Waals surface area contributed by atoms with Gasteiger partial charge in [-0.05, 0) is 25.2 Å². The highest BCUT2D eigenvalue weighted by atomic mass is 127. The summed E-state index contributed by atoms with van der Waals surface area (Å²) in [6.45, 7) is 4.33. The van der Waals surface area contributed by atoms with Gasteiger partial charge in [0.05, 0.1) is 9.34 Å². The summed E-state index contributed by atoms with van der Waals surface area (Å²) in [6, 6.07) is 0. The lowest BCUT2D eigenvalue weighted by atomic mass is 9.69. The van der Waals surface area contributed by atoms with E-state index in [4.69, 9.17) is 4.74 Å². The van der Waals surface area contributed by atoms with E-state index in [0.717, 1.165) is 0 Å². The number of hydrogen-bond acceptors (Lipinski definition) is 2. The number of hydrogen-bond donors (Lipinski definition) is 0. The molecule has 0 aromatic rings. The second kappa shape index (κ2) is 2.23. The Kier molecular flexibility index (Phi) is 1.46. The van der Waals surface area contributed by atoms with Crippen molar-refractivity contribution in [1.29, 1.82) is 0 Å². The summed E-state index contributed by atoms with van der Waals surface area (Å²) in [7, 11) is 0. The van der Waals surface area contributed by atoms with Crippen LogP contribution in [0.2, 0.25) is 0 Å². The van der Waals surface area contributed by atoms with E-state index in [1.165, 1.54) is 6.42 Å². The van der Waals surface area contributed by atoms with Crippen molar-refractivity contribution in [1.82, 2.24) is 0 Å². The van der Waals surface area contributed by atoms with E-state index in [-0.39, 0.29) is 17.5 Å². The molecule has 0 spiro atoms. The maximum atomic E-state index is 11.7. The van der Waals surface area contributed by atoms with Crippen LogP contribution < -0.4 is 0 Å². The first-order valence-corrected chi connectivity index (χ1v) is 6.16. The summed E-state index contributed by atoms with van der Waals surface area (Å²) >= 11 is 2.47. The highest BCUT2D eigenvalue weighted by Gasteiger charge is 2.70. The standard InChI is InChI=1S/C10H13IO2/c1-4-5-3-6-8(7(5)11)13-9(12)10(4,6)2/h4-8H,3H2,1-2H3/t4-,5+,6+,7-,8+,10-/m1/s1. The SMILES string of the molecule is C[C@@H]1[C@@H]2C[C@H]3[C@H](OC(=O)[C@]13C)[C@@H]2I. The van der Waals surface area contributed by atoms with Gasteiger partial charge in [0.25, 0.3) is 0 Å². The van der Waals surface area contributed by atoms with Crippen molar-refractivity contribution in [3.8, 4) is 0 Å². The van der Waals surface area contributed by atoms with Crippen molar-refractivity contribution in [2.24, 2.45) is 23.2 Å². The number of esters is 1. The van der Waals surface area contributed by atoms with Gasteiger partial charge in [0, 0.05) is 5.92 Å². The van der Waals surface area contributed by atoms with Crippen LogP contribution in [0.25, 0.3) is 0 Å². The van der Waals surface area contributed by atoms with E-state index in [1.54, 1.807) is 0 Å². The van der Waals surface area contributed by atoms with Crippen molar-refractivity contribution in [2.45, 2.75) is 30.3 Å². The zero-order valence-corrected chi connectivity index (χ0v) is 9.95. The van der Waals surface area contributed by atoms with Crippen LogP contribution in [0.5, 0.6) is 0 Å². The Bertz CT molecular complexity index is 291. The molecule has 1 aliphatic heterocycles. The van der Waals surface area contributed by atoms with Crippen molar-refractivity contribution in [3.63, 3.8) is 0 Å². The molecule has 0 radical (unpaired) electrons. The average Bonchev–Trinajstić information content (AvgIpc) is 2.60. The fourth-order valence-electron chi connectivity index (χ4n) is 3.61. The highest BCUT2D eigenvalue weighted by Crippen LogP contribution is 2.66. The average molecular weight is 292 g/mol. The predicted octanol–water partition coefficient (Wildman–Crippen LogP) is 2.01. The van der Waals surface area contributed by atoms with Gasteiger partial charge in [0.15, 0.2) is 0 Å². The molecule has 0 aromatic heterocycles. The summed E-state index contributed by atoms with van der Waals surface area (Å²) in [5, 5.41) is 0. The molecule has 3 heteroatoms. The van der Waals surface area contributed by atoms with Crippen LogP contribution in [0.1, 0.15) is 20.3 Å². The third-order valence-corrected chi connectivity index (χ3v) is 6.32. The summed E-state index contributed by atoms with van der Waals surface area (Å²) < 4.78 is 6.05. The van der Waals surface area contributed by atoms with Gasteiger partial charge >= 0.3 is 5.97 Å². The Morgan fingerprint density at radius 1 is 1.62 bits per heavy atom. The normalized spacial score (nSPS) is 63.0. The van der Waals surface area contributed by atoms with Gasteiger partial charge in [-0.1, -0.05) is 29.5 Å². The van der Waals surface area contributed by atoms with Gasteiger partial charge in [-0.25, -0.2) is 0 Å². The van der Waals surface area contributed by atoms with E-state index in [0.29, 0.717) is 21.7 Å². The summed E-state index contributed by atoms with van der Waals surface area (Å²) in [5.41, 5.74) is -0.142. The second-order valence-corrected chi connectivity index (χ2v) is 6.33. The number of alkyl halides is 1. The molecular weight excluding hydrogens is 279 g/mol. The summed E-state index contributed by atoms with van der Waals surface area (Å²) in [6.07, 6.45) is 1.45. The quantitative estimate of drug-likeness (QED) is 0.388. The Balaban J connectivity index is 2.13. The Hall–Kier alpha value is 0.200. The first kappa shape index (κ1) is 8.50. The molecule has 72 valence electrons. The minimum absolute atomic E-state index is 0.0664. The fourth-order valence-corrected chi connectivity index (χ4v) is 5.17. The monoisotopic (exact) mass is 292 g/mol. The first-order chi connectivity index (χ1) is 6.06. The van der Waals surface area contributed by atoms with Crippen LogP contribution in [-0.4, -0.2) is 16.0 Å². The molecule has 2 saturated carbocycles. The van der Waals surface area contributed by atoms with E-state index in [2.05, 4.69) is 36.4 Å². The van der Waals surface area contributed by atoms with Crippen LogP contribution in [0.3, 0.4) is 0 Å². The first-order valence-electron chi connectivity index (χ1n) is 4.92. The highest BCUT2D eigenvalue weighted by molar-refractivity contribution is 14.1. The molecule has 0 unspecified atom stereocenters. The largest absolute Gasteiger partial charge is 0.460 e. The maximum Gasteiger partial charge on any atom is 0.312 e. The number of ether oxygens (including phenoxy) is 1. The van der Waals surface area contributed by atoms with Crippen LogP contribution in [0.4, 0.5) is 0 Å². The minimum atomic E-state index is -0.142. The minimum Gasteiger partial charge on any atom is -0.460 e. The van der Waals surface area contributed by atoms with Crippen molar-refractivity contribution in [3.05, 3.63) is 0 Å². The lowest BCUT2D eigenvalue weighted by molar-refractivity contribution is -0.148. The van der Waals surface area contributed by atoms with E-state index in [9.17, 15) is 4.79 Å². The van der Waals surface area contributed by atoms with E-state index in [1.807, 2.05) is 0 Å². The fraction of sp³-hybridized carbons (Fsp3) is 0.900. The lowest BCUT2D eigenvalue weighted by Gasteiger charge is -2.32. The third kappa shape index (κ3) is 0.713. The Labute approximate surface area is 91.5 Å². The number of halogens is 1.